The Morgan fingerprint density at radius 2 is 1.94 bits per heavy atom. The third-order valence-corrected chi connectivity index (χ3v) is 2.96. The first-order valence-electron chi connectivity index (χ1n) is 6.25. The lowest BCUT2D eigenvalue weighted by molar-refractivity contribution is 0.279. The summed E-state index contributed by atoms with van der Waals surface area (Å²) in [6, 6.07) is 8.65. The second kappa shape index (κ2) is 7.42. The van der Waals surface area contributed by atoms with Crippen molar-refractivity contribution in [2.45, 2.75) is 27.3 Å². The fraction of sp³-hybridized carbons (Fsp3) is 0.571. The van der Waals surface area contributed by atoms with Gasteiger partial charge in [0.15, 0.2) is 0 Å². The summed E-state index contributed by atoms with van der Waals surface area (Å²) in [7, 11) is 0. The average molecular weight is 220 g/mol. The molecule has 0 bridgehead atoms. The highest BCUT2D eigenvalue weighted by Gasteiger charge is 2.04. The topological polar surface area (TPSA) is 15.3 Å². The van der Waals surface area contributed by atoms with Crippen molar-refractivity contribution in [2.75, 3.05) is 26.2 Å². The average Bonchev–Trinajstić information content (AvgIpc) is 2.30. The van der Waals surface area contributed by atoms with Crippen molar-refractivity contribution in [1.29, 1.82) is 0 Å². The van der Waals surface area contributed by atoms with Gasteiger partial charge in [-0.1, -0.05) is 38.1 Å². The highest BCUT2D eigenvalue weighted by molar-refractivity contribution is 5.25. The van der Waals surface area contributed by atoms with E-state index in [0.29, 0.717) is 0 Å². The van der Waals surface area contributed by atoms with Gasteiger partial charge < -0.3 is 5.32 Å². The normalized spacial score (nSPS) is 11.0. The molecule has 0 fully saturated rings. The molecule has 0 spiro atoms. The van der Waals surface area contributed by atoms with Crippen LogP contribution in [0.15, 0.2) is 24.3 Å². The first-order valence-corrected chi connectivity index (χ1v) is 6.25. The smallest absolute Gasteiger partial charge is 0.0236 e. The van der Waals surface area contributed by atoms with E-state index in [2.05, 4.69) is 55.3 Å². The lowest BCUT2D eigenvalue weighted by atomic mass is 10.1. The van der Waals surface area contributed by atoms with E-state index in [9.17, 15) is 0 Å². The summed E-state index contributed by atoms with van der Waals surface area (Å²) in [5.41, 5.74) is 2.84. The van der Waals surface area contributed by atoms with Crippen LogP contribution in [0.4, 0.5) is 0 Å². The minimum absolute atomic E-state index is 1.06. The van der Waals surface area contributed by atoms with Crippen LogP contribution >= 0.6 is 0 Å². The fourth-order valence-corrected chi connectivity index (χ4v) is 1.79. The molecule has 0 aliphatic carbocycles. The molecular formula is C14H24N2. The zero-order chi connectivity index (χ0) is 11.8. The summed E-state index contributed by atoms with van der Waals surface area (Å²) in [6.07, 6.45) is 0. The quantitative estimate of drug-likeness (QED) is 0.710. The number of hydrogen-bond acceptors (Lipinski definition) is 2. The van der Waals surface area contributed by atoms with Crippen molar-refractivity contribution in [3.63, 3.8) is 0 Å². The lowest BCUT2D eigenvalue weighted by Gasteiger charge is -2.21. The van der Waals surface area contributed by atoms with Gasteiger partial charge in [0.1, 0.15) is 0 Å². The third-order valence-electron chi connectivity index (χ3n) is 2.96. The first-order chi connectivity index (χ1) is 7.77. The summed E-state index contributed by atoms with van der Waals surface area (Å²) in [5, 5.41) is 3.37. The van der Waals surface area contributed by atoms with Gasteiger partial charge in [-0.15, -0.1) is 0 Å². The van der Waals surface area contributed by atoms with E-state index in [1.165, 1.54) is 11.1 Å². The van der Waals surface area contributed by atoms with Crippen molar-refractivity contribution < 1.29 is 0 Å². The zero-order valence-corrected chi connectivity index (χ0v) is 10.8. The Bertz CT molecular complexity index is 297. The Labute approximate surface area is 99.7 Å². The number of nitrogens with one attached hydrogen (secondary N) is 1. The molecular weight excluding hydrogens is 196 g/mol. The zero-order valence-electron chi connectivity index (χ0n) is 10.8. The van der Waals surface area contributed by atoms with E-state index in [1.807, 2.05) is 0 Å². The van der Waals surface area contributed by atoms with Crippen LogP contribution in [-0.4, -0.2) is 31.1 Å². The van der Waals surface area contributed by atoms with Gasteiger partial charge in [0.05, 0.1) is 0 Å². The Balaban J connectivity index is 2.46. The van der Waals surface area contributed by atoms with Crippen LogP contribution in [-0.2, 0) is 6.54 Å². The van der Waals surface area contributed by atoms with Gasteiger partial charge in [-0.25, -0.2) is 0 Å². The summed E-state index contributed by atoms with van der Waals surface area (Å²) >= 11 is 0. The van der Waals surface area contributed by atoms with Crippen LogP contribution in [0.25, 0.3) is 0 Å². The van der Waals surface area contributed by atoms with Crippen LogP contribution in [0, 0.1) is 6.92 Å². The molecule has 0 amide bonds. The number of hydrogen-bond donors (Lipinski definition) is 1. The van der Waals surface area contributed by atoms with E-state index >= 15 is 0 Å². The molecule has 0 unspecified atom stereocenters. The standard InChI is InChI=1S/C14H24N2/c1-4-15-10-11-16(5-2)12-14-9-7-6-8-13(14)3/h6-9,15H,4-5,10-12H2,1-3H3. The monoisotopic (exact) mass is 220 g/mol. The maximum atomic E-state index is 3.37. The number of likely N-dealkylation sites (N-methyl/N-ethyl adjacent to an activating group) is 2. The molecule has 0 saturated carbocycles. The minimum atomic E-state index is 1.06. The van der Waals surface area contributed by atoms with Gasteiger partial charge in [-0.05, 0) is 31.1 Å². The summed E-state index contributed by atoms with van der Waals surface area (Å²) < 4.78 is 0. The Morgan fingerprint density at radius 3 is 2.56 bits per heavy atom. The number of aryl methyl sites for hydroxylation is 1. The number of benzene rings is 1. The van der Waals surface area contributed by atoms with Gasteiger partial charge in [0, 0.05) is 19.6 Å². The SMILES string of the molecule is CCNCCN(CC)Cc1ccccc1C. The molecule has 90 valence electrons. The van der Waals surface area contributed by atoms with Crippen molar-refractivity contribution in [3.05, 3.63) is 35.4 Å². The molecule has 0 radical (unpaired) electrons. The predicted octanol–water partition coefficient (Wildman–Crippen LogP) is 2.43. The van der Waals surface area contributed by atoms with Crippen LogP contribution in [0.3, 0.4) is 0 Å². The largest absolute Gasteiger partial charge is 0.316 e. The fourth-order valence-electron chi connectivity index (χ4n) is 1.79. The predicted molar refractivity (Wildman–Crippen MR) is 70.7 cm³/mol. The Hall–Kier alpha value is -0.860. The van der Waals surface area contributed by atoms with Crippen molar-refractivity contribution in [3.8, 4) is 0 Å². The van der Waals surface area contributed by atoms with Crippen molar-refractivity contribution >= 4 is 0 Å². The summed E-state index contributed by atoms with van der Waals surface area (Å²) in [6.45, 7) is 12.0. The molecule has 0 heterocycles. The van der Waals surface area contributed by atoms with E-state index in [1.54, 1.807) is 0 Å². The second-order valence-corrected chi connectivity index (χ2v) is 4.15. The third kappa shape index (κ3) is 4.33. The molecule has 1 N–H and O–H groups in total. The van der Waals surface area contributed by atoms with Crippen molar-refractivity contribution in [1.82, 2.24) is 10.2 Å². The minimum Gasteiger partial charge on any atom is -0.316 e. The van der Waals surface area contributed by atoms with E-state index in [0.717, 1.165) is 32.7 Å². The molecule has 16 heavy (non-hydrogen) atoms. The molecule has 1 aromatic carbocycles. The molecule has 1 aromatic rings. The van der Waals surface area contributed by atoms with Crippen LogP contribution in [0.1, 0.15) is 25.0 Å². The molecule has 0 saturated heterocycles. The Kier molecular flexibility index (Phi) is 6.12. The maximum absolute atomic E-state index is 3.37. The molecule has 2 heteroatoms. The van der Waals surface area contributed by atoms with Gasteiger partial charge in [0.25, 0.3) is 0 Å². The van der Waals surface area contributed by atoms with E-state index < -0.39 is 0 Å². The molecule has 0 aromatic heterocycles. The highest BCUT2D eigenvalue weighted by Crippen LogP contribution is 2.09. The van der Waals surface area contributed by atoms with Crippen molar-refractivity contribution in [2.24, 2.45) is 0 Å². The van der Waals surface area contributed by atoms with E-state index in [4.69, 9.17) is 0 Å². The Morgan fingerprint density at radius 1 is 1.19 bits per heavy atom. The molecule has 0 aliphatic rings. The molecule has 0 atom stereocenters. The van der Waals surface area contributed by atoms with Gasteiger partial charge in [0.2, 0.25) is 0 Å². The van der Waals surface area contributed by atoms with Gasteiger partial charge >= 0.3 is 0 Å². The van der Waals surface area contributed by atoms with Gasteiger partial charge in [-0.3, -0.25) is 4.90 Å². The first kappa shape index (κ1) is 13.2. The van der Waals surface area contributed by atoms with Crippen LogP contribution < -0.4 is 5.32 Å². The molecule has 1 rings (SSSR count). The van der Waals surface area contributed by atoms with Gasteiger partial charge in [-0.2, -0.15) is 0 Å². The lowest BCUT2D eigenvalue weighted by Crippen LogP contribution is -2.31. The number of nitrogens with zero attached hydrogens (tertiary/aromatic N) is 1. The maximum Gasteiger partial charge on any atom is 0.0236 e. The molecule has 2 nitrogen and oxygen atoms in total. The highest BCUT2D eigenvalue weighted by atomic mass is 15.1. The second-order valence-electron chi connectivity index (χ2n) is 4.15. The number of rotatable bonds is 7. The van der Waals surface area contributed by atoms with Crippen LogP contribution in [0.5, 0.6) is 0 Å². The van der Waals surface area contributed by atoms with Crippen LogP contribution in [0.2, 0.25) is 0 Å². The van der Waals surface area contributed by atoms with E-state index in [-0.39, 0.29) is 0 Å². The molecule has 0 aliphatic heterocycles. The summed E-state index contributed by atoms with van der Waals surface area (Å²) in [4.78, 5) is 2.48. The summed E-state index contributed by atoms with van der Waals surface area (Å²) in [5.74, 6) is 0.